The highest BCUT2D eigenvalue weighted by Crippen LogP contribution is 2.11. The normalized spacial score (nSPS) is 10.8. The van der Waals surface area contributed by atoms with Gasteiger partial charge in [0.2, 0.25) is 5.91 Å². The number of amides is 1. The van der Waals surface area contributed by atoms with E-state index in [1.165, 1.54) is 17.8 Å². The van der Waals surface area contributed by atoms with E-state index in [0.29, 0.717) is 5.16 Å². The lowest BCUT2D eigenvalue weighted by Crippen LogP contribution is -2.35. The van der Waals surface area contributed by atoms with E-state index in [1.54, 1.807) is 0 Å². The highest BCUT2D eigenvalue weighted by molar-refractivity contribution is 7.99. The number of nitrogens with one attached hydrogen (secondary N) is 2. The van der Waals surface area contributed by atoms with Crippen molar-refractivity contribution in [1.29, 1.82) is 0 Å². The van der Waals surface area contributed by atoms with Crippen LogP contribution in [0.25, 0.3) is 0 Å². The molecule has 6 heteroatoms. The molecular weight excluding hydrogens is 274 g/mol. The topological polar surface area (TPSA) is 74.8 Å². The molecule has 112 valence electrons. The van der Waals surface area contributed by atoms with Crippen LogP contribution in [-0.2, 0) is 11.2 Å². The summed E-state index contributed by atoms with van der Waals surface area (Å²) in [7, 11) is 0. The molecule has 0 aliphatic rings. The van der Waals surface area contributed by atoms with Gasteiger partial charge in [0.25, 0.3) is 5.56 Å². The lowest BCUT2D eigenvalue weighted by atomic mass is 10.2. The first-order valence-corrected chi connectivity index (χ1v) is 8.09. The molecule has 1 aromatic heterocycles. The Balaban J connectivity index is 2.56. The summed E-state index contributed by atoms with van der Waals surface area (Å²) in [6, 6.07) is 1.74. The summed E-state index contributed by atoms with van der Waals surface area (Å²) in [4.78, 5) is 30.3. The summed E-state index contributed by atoms with van der Waals surface area (Å²) in [6.45, 7) is 6.14. The summed E-state index contributed by atoms with van der Waals surface area (Å²) < 4.78 is 0. The molecule has 5 nitrogen and oxygen atoms in total. The quantitative estimate of drug-likeness (QED) is 0.569. The Bertz CT molecular complexity index is 484. The van der Waals surface area contributed by atoms with Crippen LogP contribution in [0, 0.1) is 0 Å². The van der Waals surface area contributed by atoms with Crippen molar-refractivity contribution in [2.75, 3.05) is 5.75 Å². The third kappa shape index (κ3) is 5.77. The van der Waals surface area contributed by atoms with Gasteiger partial charge in [-0.3, -0.25) is 9.59 Å². The zero-order valence-electron chi connectivity index (χ0n) is 12.4. The molecule has 1 amide bonds. The summed E-state index contributed by atoms with van der Waals surface area (Å²) in [5, 5.41) is 3.48. The van der Waals surface area contributed by atoms with E-state index in [1.807, 2.05) is 6.92 Å². The maximum Gasteiger partial charge on any atom is 0.251 e. The second-order valence-corrected chi connectivity index (χ2v) is 5.63. The second-order valence-electron chi connectivity index (χ2n) is 4.66. The number of carbonyl (C=O) groups excluding carboxylic acids is 1. The van der Waals surface area contributed by atoms with Gasteiger partial charge >= 0.3 is 0 Å². The van der Waals surface area contributed by atoms with Gasteiger partial charge in [-0.25, -0.2) is 4.98 Å². The molecule has 0 saturated heterocycles. The molecule has 1 rings (SSSR count). The molecule has 0 fully saturated rings. The van der Waals surface area contributed by atoms with Gasteiger partial charge in [-0.05, 0) is 19.3 Å². The predicted molar refractivity (Wildman–Crippen MR) is 82.1 cm³/mol. The number of rotatable bonds is 8. The Morgan fingerprint density at radius 2 is 2.10 bits per heavy atom. The predicted octanol–water partition coefficient (Wildman–Crippen LogP) is 2.12. The Kier molecular flexibility index (Phi) is 7.36. The Hall–Kier alpha value is -1.30. The molecule has 2 N–H and O–H groups in total. The van der Waals surface area contributed by atoms with Crippen molar-refractivity contribution < 1.29 is 4.79 Å². The standard InChI is InChI=1S/C14H23N3O2S/c1-4-7-11-8-12(18)17-14(16-11)20-9-13(19)15-10(5-2)6-3/h8,10H,4-7,9H2,1-3H3,(H,15,19)(H,16,17,18). The number of thioether (sulfide) groups is 1. The van der Waals surface area contributed by atoms with E-state index in [-0.39, 0.29) is 23.3 Å². The van der Waals surface area contributed by atoms with Crippen molar-refractivity contribution >= 4 is 17.7 Å². The third-order valence-electron chi connectivity index (χ3n) is 2.97. The second kappa shape index (κ2) is 8.79. The molecule has 0 spiro atoms. The molecule has 0 atom stereocenters. The Morgan fingerprint density at radius 3 is 2.70 bits per heavy atom. The van der Waals surface area contributed by atoms with Gasteiger partial charge in [-0.2, -0.15) is 0 Å². The van der Waals surface area contributed by atoms with Crippen molar-refractivity contribution in [1.82, 2.24) is 15.3 Å². The summed E-state index contributed by atoms with van der Waals surface area (Å²) in [5.74, 6) is 0.252. The van der Waals surface area contributed by atoms with Gasteiger partial charge in [-0.1, -0.05) is 39.0 Å². The first-order valence-electron chi connectivity index (χ1n) is 7.11. The molecule has 1 heterocycles. The number of aromatic nitrogens is 2. The number of H-pyrrole nitrogens is 1. The van der Waals surface area contributed by atoms with E-state index in [0.717, 1.165) is 31.4 Å². The number of hydrogen-bond acceptors (Lipinski definition) is 4. The molecule has 20 heavy (non-hydrogen) atoms. The van der Waals surface area contributed by atoms with Crippen LogP contribution in [0.1, 0.15) is 45.7 Å². The maximum absolute atomic E-state index is 11.8. The van der Waals surface area contributed by atoms with Crippen LogP contribution < -0.4 is 10.9 Å². The minimum atomic E-state index is -0.161. The van der Waals surface area contributed by atoms with Crippen LogP contribution in [0.2, 0.25) is 0 Å². The van der Waals surface area contributed by atoms with Gasteiger partial charge in [0, 0.05) is 17.8 Å². The van der Waals surface area contributed by atoms with Crippen LogP contribution in [0.3, 0.4) is 0 Å². The van der Waals surface area contributed by atoms with Crippen molar-refractivity contribution in [3.05, 3.63) is 22.1 Å². The summed E-state index contributed by atoms with van der Waals surface area (Å²) >= 11 is 1.27. The van der Waals surface area contributed by atoms with Crippen molar-refractivity contribution in [3.8, 4) is 0 Å². The van der Waals surface area contributed by atoms with Crippen molar-refractivity contribution in [2.45, 2.75) is 57.7 Å². The molecule has 0 radical (unpaired) electrons. The third-order valence-corrected chi connectivity index (χ3v) is 3.84. The van der Waals surface area contributed by atoms with Crippen LogP contribution >= 0.6 is 11.8 Å². The molecule has 0 aromatic carbocycles. The van der Waals surface area contributed by atoms with E-state index in [4.69, 9.17) is 0 Å². The minimum absolute atomic E-state index is 0.0211. The van der Waals surface area contributed by atoms with Crippen LogP contribution in [0.4, 0.5) is 0 Å². The van der Waals surface area contributed by atoms with E-state index >= 15 is 0 Å². The fraction of sp³-hybridized carbons (Fsp3) is 0.643. The number of aromatic amines is 1. The van der Waals surface area contributed by atoms with E-state index in [9.17, 15) is 9.59 Å². The number of carbonyl (C=O) groups is 1. The van der Waals surface area contributed by atoms with Crippen molar-refractivity contribution in [2.24, 2.45) is 0 Å². The molecule has 0 aliphatic carbocycles. The largest absolute Gasteiger partial charge is 0.353 e. The maximum atomic E-state index is 11.8. The number of nitrogens with zero attached hydrogens (tertiary/aromatic N) is 1. The molecule has 0 aliphatic heterocycles. The molecule has 0 saturated carbocycles. The van der Waals surface area contributed by atoms with E-state index < -0.39 is 0 Å². The van der Waals surface area contributed by atoms with E-state index in [2.05, 4.69) is 29.1 Å². The first-order chi connectivity index (χ1) is 9.58. The summed E-state index contributed by atoms with van der Waals surface area (Å²) in [6.07, 6.45) is 3.56. The van der Waals surface area contributed by atoms with Gasteiger partial charge in [-0.15, -0.1) is 0 Å². The lowest BCUT2D eigenvalue weighted by molar-refractivity contribution is -0.119. The van der Waals surface area contributed by atoms with Crippen LogP contribution in [-0.4, -0.2) is 27.7 Å². The average molecular weight is 297 g/mol. The molecule has 1 aromatic rings. The molecule has 0 unspecified atom stereocenters. The van der Waals surface area contributed by atoms with Gasteiger partial charge in [0.15, 0.2) is 5.16 Å². The first kappa shape index (κ1) is 16.8. The van der Waals surface area contributed by atoms with Crippen molar-refractivity contribution in [3.63, 3.8) is 0 Å². The number of hydrogen-bond donors (Lipinski definition) is 2. The zero-order valence-corrected chi connectivity index (χ0v) is 13.2. The average Bonchev–Trinajstić information content (AvgIpc) is 2.42. The smallest absolute Gasteiger partial charge is 0.251 e. The van der Waals surface area contributed by atoms with Gasteiger partial charge in [0.1, 0.15) is 0 Å². The number of aryl methyl sites for hydroxylation is 1. The molecular formula is C14H23N3O2S. The monoisotopic (exact) mass is 297 g/mol. The van der Waals surface area contributed by atoms with Gasteiger partial charge < -0.3 is 10.3 Å². The van der Waals surface area contributed by atoms with Crippen LogP contribution in [0.5, 0.6) is 0 Å². The lowest BCUT2D eigenvalue weighted by Gasteiger charge is -2.14. The Morgan fingerprint density at radius 1 is 1.40 bits per heavy atom. The molecule has 0 bridgehead atoms. The fourth-order valence-corrected chi connectivity index (χ4v) is 2.54. The SMILES string of the molecule is CCCc1cc(=O)[nH]c(SCC(=O)NC(CC)CC)n1. The Labute approximate surface area is 124 Å². The zero-order chi connectivity index (χ0) is 15.0. The van der Waals surface area contributed by atoms with Crippen LogP contribution in [0.15, 0.2) is 16.0 Å². The highest BCUT2D eigenvalue weighted by atomic mass is 32.2. The fourth-order valence-electron chi connectivity index (χ4n) is 1.83. The van der Waals surface area contributed by atoms with Gasteiger partial charge in [0.05, 0.1) is 5.75 Å². The minimum Gasteiger partial charge on any atom is -0.353 e. The highest BCUT2D eigenvalue weighted by Gasteiger charge is 2.10. The summed E-state index contributed by atoms with van der Waals surface area (Å²) in [5.41, 5.74) is 0.616.